The minimum absolute atomic E-state index is 0.499. The van der Waals surface area contributed by atoms with Crippen LogP contribution in [0.4, 0.5) is 5.82 Å². The molecule has 0 aliphatic carbocycles. The highest BCUT2D eigenvalue weighted by Gasteiger charge is 2.12. The van der Waals surface area contributed by atoms with Gasteiger partial charge in [-0.1, -0.05) is 29.8 Å². The molecule has 1 aromatic heterocycles. The van der Waals surface area contributed by atoms with E-state index < -0.39 is 0 Å². The fourth-order valence-electron chi connectivity index (χ4n) is 1.61. The second-order valence-electron chi connectivity index (χ2n) is 3.22. The van der Waals surface area contributed by atoms with E-state index in [0.717, 1.165) is 17.3 Å². The molecule has 78 valence electrons. The zero-order valence-corrected chi connectivity index (χ0v) is 9.42. The Morgan fingerprint density at radius 2 is 1.93 bits per heavy atom. The molecule has 2 aromatic rings. The molecular weight excluding hydrogens is 210 g/mol. The molecule has 0 saturated carbocycles. The van der Waals surface area contributed by atoms with Gasteiger partial charge in [0.2, 0.25) is 0 Å². The molecular formula is C11H12ClN3. The van der Waals surface area contributed by atoms with Gasteiger partial charge in [-0.3, -0.25) is 4.57 Å². The first kappa shape index (κ1) is 10.1. The normalized spacial score (nSPS) is 10.3. The molecule has 0 bridgehead atoms. The number of halogens is 1. The maximum absolute atomic E-state index is 6.01. The summed E-state index contributed by atoms with van der Waals surface area (Å²) in [6, 6.07) is 10.00. The molecule has 0 amide bonds. The highest BCUT2D eigenvalue weighted by Crippen LogP contribution is 2.25. The molecule has 0 radical (unpaired) electrons. The van der Waals surface area contributed by atoms with Crippen LogP contribution in [0.1, 0.15) is 5.82 Å². The van der Waals surface area contributed by atoms with Crippen LogP contribution in [0.3, 0.4) is 0 Å². The number of nitrogens with zero attached hydrogens (tertiary/aromatic N) is 2. The lowest BCUT2D eigenvalue weighted by Gasteiger charge is -2.09. The van der Waals surface area contributed by atoms with Crippen LogP contribution in [0.5, 0.6) is 0 Å². The van der Waals surface area contributed by atoms with E-state index in [2.05, 4.69) is 10.3 Å². The van der Waals surface area contributed by atoms with Gasteiger partial charge in [0.25, 0.3) is 0 Å². The molecule has 4 heteroatoms. The predicted molar refractivity (Wildman–Crippen MR) is 62.9 cm³/mol. The van der Waals surface area contributed by atoms with Crippen molar-refractivity contribution in [3.8, 4) is 5.69 Å². The van der Waals surface area contributed by atoms with E-state index in [9.17, 15) is 0 Å². The van der Waals surface area contributed by atoms with Crippen molar-refractivity contribution in [2.24, 2.45) is 0 Å². The molecule has 0 unspecified atom stereocenters. The number of aromatic nitrogens is 2. The zero-order chi connectivity index (χ0) is 10.8. The van der Waals surface area contributed by atoms with Crippen LogP contribution in [-0.4, -0.2) is 16.6 Å². The van der Waals surface area contributed by atoms with Gasteiger partial charge in [0.15, 0.2) is 5.15 Å². The number of hydrogen-bond donors (Lipinski definition) is 1. The lowest BCUT2D eigenvalue weighted by atomic mass is 10.3. The number of benzene rings is 1. The number of aryl methyl sites for hydroxylation is 1. The number of para-hydroxylation sites is 1. The van der Waals surface area contributed by atoms with Crippen molar-refractivity contribution < 1.29 is 0 Å². The highest BCUT2D eigenvalue weighted by atomic mass is 35.5. The lowest BCUT2D eigenvalue weighted by Crippen LogP contribution is -2.02. The van der Waals surface area contributed by atoms with E-state index in [0.29, 0.717) is 5.15 Å². The zero-order valence-electron chi connectivity index (χ0n) is 8.66. The quantitative estimate of drug-likeness (QED) is 0.845. The molecule has 0 atom stereocenters. The van der Waals surface area contributed by atoms with Crippen molar-refractivity contribution in [2.75, 3.05) is 12.4 Å². The number of rotatable bonds is 2. The fourth-order valence-corrected chi connectivity index (χ4v) is 1.91. The van der Waals surface area contributed by atoms with Gasteiger partial charge in [-0.2, -0.15) is 0 Å². The molecule has 1 aromatic carbocycles. The Kier molecular flexibility index (Phi) is 2.64. The minimum atomic E-state index is 0.499. The number of hydrogen-bond acceptors (Lipinski definition) is 2. The summed E-state index contributed by atoms with van der Waals surface area (Å²) in [5.41, 5.74) is 1.05. The highest BCUT2D eigenvalue weighted by molar-refractivity contribution is 6.31. The van der Waals surface area contributed by atoms with Gasteiger partial charge in [0.1, 0.15) is 11.6 Å². The van der Waals surface area contributed by atoms with Crippen LogP contribution in [0, 0.1) is 6.92 Å². The van der Waals surface area contributed by atoms with Crippen molar-refractivity contribution in [3.63, 3.8) is 0 Å². The van der Waals surface area contributed by atoms with Gasteiger partial charge in [0.05, 0.1) is 0 Å². The third-order valence-electron chi connectivity index (χ3n) is 2.25. The Bertz CT molecular complexity index is 462. The Morgan fingerprint density at radius 1 is 1.27 bits per heavy atom. The summed E-state index contributed by atoms with van der Waals surface area (Å²) in [7, 11) is 1.84. The average Bonchev–Trinajstić information content (AvgIpc) is 2.54. The molecule has 0 spiro atoms. The van der Waals surface area contributed by atoms with E-state index in [1.165, 1.54) is 0 Å². The SMILES string of the molecule is CNc1c(Cl)nc(C)n1-c1ccccc1. The molecule has 3 nitrogen and oxygen atoms in total. The molecule has 15 heavy (non-hydrogen) atoms. The van der Waals surface area contributed by atoms with Crippen molar-refractivity contribution in [3.05, 3.63) is 41.3 Å². The van der Waals surface area contributed by atoms with Crippen LogP contribution < -0.4 is 5.32 Å². The molecule has 1 heterocycles. The van der Waals surface area contributed by atoms with Crippen molar-refractivity contribution in [2.45, 2.75) is 6.92 Å². The number of anilines is 1. The van der Waals surface area contributed by atoms with E-state index in [4.69, 9.17) is 11.6 Å². The molecule has 0 aliphatic heterocycles. The molecule has 2 rings (SSSR count). The Balaban J connectivity index is 2.62. The summed E-state index contributed by atoms with van der Waals surface area (Å²) < 4.78 is 1.99. The first-order chi connectivity index (χ1) is 7.24. The Labute approximate surface area is 93.7 Å². The average molecular weight is 222 g/mol. The molecule has 0 fully saturated rings. The van der Waals surface area contributed by atoms with E-state index >= 15 is 0 Å². The Hall–Kier alpha value is -1.48. The van der Waals surface area contributed by atoms with Crippen molar-refractivity contribution in [1.29, 1.82) is 0 Å². The van der Waals surface area contributed by atoms with E-state index in [-0.39, 0.29) is 0 Å². The summed E-state index contributed by atoms with van der Waals surface area (Å²) >= 11 is 6.01. The van der Waals surface area contributed by atoms with Gasteiger partial charge < -0.3 is 5.32 Å². The minimum Gasteiger partial charge on any atom is -0.372 e. The fraction of sp³-hybridized carbons (Fsp3) is 0.182. The number of imidazole rings is 1. The topological polar surface area (TPSA) is 29.9 Å². The van der Waals surface area contributed by atoms with Crippen molar-refractivity contribution >= 4 is 17.4 Å². The van der Waals surface area contributed by atoms with Gasteiger partial charge in [0, 0.05) is 12.7 Å². The maximum Gasteiger partial charge on any atom is 0.171 e. The standard InChI is InChI=1S/C11H12ClN3/c1-8-14-10(12)11(13-2)15(8)9-6-4-3-5-7-9/h3-7,13H,1-2H3. The second kappa shape index (κ2) is 3.95. The van der Waals surface area contributed by atoms with Crippen LogP contribution in [0.25, 0.3) is 5.69 Å². The summed E-state index contributed by atoms with van der Waals surface area (Å²) in [6.45, 7) is 1.93. The first-order valence-electron chi connectivity index (χ1n) is 4.72. The number of nitrogens with one attached hydrogen (secondary N) is 1. The summed E-state index contributed by atoms with van der Waals surface area (Å²) in [4.78, 5) is 4.22. The smallest absolute Gasteiger partial charge is 0.171 e. The summed E-state index contributed by atoms with van der Waals surface area (Å²) in [6.07, 6.45) is 0. The molecule has 0 aliphatic rings. The van der Waals surface area contributed by atoms with Crippen LogP contribution in [0.15, 0.2) is 30.3 Å². The van der Waals surface area contributed by atoms with Crippen LogP contribution in [0.2, 0.25) is 5.15 Å². The summed E-state index contributed by atoms with van der Waals surface area (Å²) in [5, 5.41) is 3.55. The first-order valence-corrected chi connectivity index (χ1v) is 5.10. The van der Waals surface area contributed by atoms with Gasteiger partial charge in [-0.25, -0.2) is 4.98 Å². The second-order valence-corrected chi connectivity index (χ2v) is 3.58. The van der Waals surface area contributed by atoms with Gasteiger partial charge >= 0.3 is 0 Å². The van der Waals surface area contributed by atoms with Crippen LogP contribution in [-0.2, 0) is 0 Å². The monoisotopic (exact) mass is 221 g/mol. The summed E-state index contributed by atoms with van der Waals surface area (Å²) in [5.74, 6) is 1.69. The van der Waals surface area contributed by atoms with E-state index in [1.807, 2.05) is 48.9 Å². The van der Waals surface area contributed by atoms with E-state index in [1.54, 1.807) is 0 Å². The lowest BCUT2D eigenvalue weighted by molar-refractivity contribution is 0.977. The van der Waals surface area contributed by atoms with Gasteiger partial charge in [-0.15, -0.1) is 0 Å². The third kappa shape index (κ3) is 1.70. The molecule has 0 saturated heterocycles. The predicted octanol–water partition coefficient (Wildman–Crippen LogP) is 2.88. The van der Waals surface area contributed by atoms with Crippen LogP contribution >= 0.6 is 11.6 Å². The third-order valence-corrected chi connectivity index (χ3v) is 2.52. The maximum atomic E-state index is 6.01. The largest absolute Gasteiger partial charge is 0.372 e. The Morgan fingerprint density at radius 3 is 2.53 bits per heavy atom. The van der Waals surface area contributed by atoms with Gasteiger partial charge in [-0.05, 0) is 19.1 Å². The molecule has 1 N–H and O–H groups in total. The van der Waals surface area contributed by atoms with Crippen molar-refractivity contribution in [1.82, 2.24) is 9.55 Å².